The molecule has 106 valence electrons. The van der Waals surface area contributed by atoms with E-state index in [1.54, 1.807) is 0 Å². The lowest BCUT2D eigenvalue weighted by Gasteiger charge is -2.08. The highest BCUT2D eigenvalue weighted by atomic mass is 35.5. The molecule has 2 rings (SSSR count). The number of benzene rings is 2. The first kappa shape index (κ1) is 14.9. The molecular weight excluding hydrogens is 300 g/mol. The molecule has 2 aromatic carbocycles. The normalized spacial score (nSPS) is 10.0. The smallest absolute Gasteiger partial charge is 0.203 e. The lowest BCUT2D eigenvalue weighted by molar-refractivity contribution is 0.0916. The van der Waals surface area contributed by atoms with Gasteiger partial charge in [0, 0.05) is 11.1 Å². The molecule has 0 bridgehead atoms. The molecule has 0 unspecified atom stereocenters. The van der Waals surface area contributed by atoms with Crippen LogP contribution in [0, 0.1) is 23.0 Å². The molecule has 0 saturated heterocycles. The average molecular weight is 308 g/mol. The fourth-order valence-electron chi connectivity index (χ4n) is 1.64. The van der Waals surface area contributed by atoms with Crippen molar-refractivity contribution in [3.8, 4) is 11.8 Å². The Hall–Kier alpha value is -2.45. The van der Waals surface area contributed by atoms with E-state index in [4.69, 9.17) is 21.6 Å². The summed E-state index contributed by atoms with van der Waals surface area (Å²) < 4.78 is 31.6. The summed E-state index contributed by atoms with van der Waals surface area (Å²) in [5.74, 6) is -2.19. The van der Waals surface area contributed by atoms with Gasteiger partial charge in [-0.3, -0.25) is 4.79 Å². The van der Waals surface area contributed by atoms with Crippen molar-refractivity contribution in [1.29, 1.82) is 5.26 Å². The van der Waals surface area contributed by atoms with Crippen molar-refractivity contribution < 1.29 is 18.3 Å². The molecule has 0 aliphatic rings. The van der Waals surface area contributed by atoms with Crippen LogP contribution in [0.1, 0.15) is 15.9 Å². The molecular formula is C15H8ClF2NO2. The van der Waals surface area contributed by atoms with Crippen molar-refractivity contribution in [2.45, 2.75) is 0 Å². The maximum Gasteiger partial charge on any atom is 0.203 e. The van der Waals surface area contributed by atoms with Gasteiger partial charge in [-0.25, -0.2) is 8.78 Å². The number of halogens is 3. The van der Waals surface area contributed by atoms with Crippen LogP contribution >= 0.6 is 11.6 Å². The van der Waals surface area contributed by atoms with Crippen LogP contribution in [0.25, 0.3) is 0 Å². The zero-order chi connectivity index (χ0) is 15.4. The fraction of sp³-hybridized carbons (Fsp3) is 0.0667. The van der Waals surface area contributed by atoms with E-state index in [2.05, 4.69) is 0 Å². The lowest BCUT2D eigenvalue weighted by Crippen LogP contribution is -2.14. The zero-order valence-corrected chi connectivity index (χ0v) is 11.3. The van der Waals surface area contributed by atoms with Crippen molar-refractivity contribution >= 4 is 17.4 Å². The Balaban J connectivity index is 2.17. The van der Waals surface area contributed by atoms with Crippen molar-refractivity contribution in [2.75, 3.05) is 6.61 Å². The van der Waals surface area contributed by atoms with Crippen molar-refractivity contribution in [2.24, 2.45) is 0 Å². The predicted molar refractivity (Wildman–Crippen MR) is 72.4 cm³/mol. The molecule has 21 heavy (non-hydrogen) atoms. The van der Waals surface area contributed by atoms with Crippen LogP contribution in [0.5, 0.6) is 5.75 Å². The Morgan fingerprint density at radius 1 is 1.24 bits per heavy atom. The minimum atomic E-state index is -0.836. The molecule has 0 amide bonds. The van der Waals surface area contributed by atoms with Gasteiger partial charge in [0.05, 0.1) is 11.1 Å². The first-order valence-electron chi connectivity index (χ1n) is 5.82. The van der Waals surface area contributed by atoms with Crippen LogP contribution in [0.3, 0.4) is 0 Å². The zero-order valence-electron chi connectivity index (χ0n) is 10.6. The first-order valence-corrected chi connectivity index (χ1v) is 6.20. The van der Waals surface area contributed by atoms with E-state index in [0.717, 1.165) is 18.2 Å². The van der Waals surface area contributed by atoms with Crippen LogP contribution in [0.2, 0.25) is 5.02 Å². The molecule has 0 N–H and O–H groups in total. The van der Waals surface area contributed by atoms with Gasteiger partial charge >= 0.3 is 0 Å². The number of ketones is 1. The highest BCUT2D eigenvalue weighted by Gasteiger charge is 2.14. The summed E-state index contributed by atoms with van der Waals surface area (Å²) in [5.41, 5.74) is -0.220. The van der Waals surface area contributed by atoms with Gasteiger partial charge in [-0.1, -0.05) is 11.6 Å². The number of hydrogen-bond acceptors (Lipinski definition) is 3. The highest BCUT2D eigenvalue weighted by molar-refractivity contribution is 6.30. The summed E-state index contributed by atoms with van der Waals surface area (Å²) >= 11 is 5.77. The van der Waals surface area contributed by atoms with Gasteiger partial charge in [-0.2, -0.15) is 5.26 Å². The number of nitrogens with zero attached hydrogens (tertiary/aromatic N) is 1. The van der Waals surface area contributed by atoms with Crippen LogP contribution < -0.4 is 4.74 Å². The summed E-state index contributed by atoms with van der Waals surface area (Å²) in [4.78, 5) is 11.8. The van der Waals surface area contributed by atoms with Gasteiger partial charge in [-0.15, -0.1) is 0 Å². The second-order valence-electron chi connectivity index (χ2n) is 4.09. The van der Waals surface area contributed by atoms with Crippen molar-refractivity contribution in [3.63, 3.8) is 0 Å². The highest BCUT2D eigenvalue weighted by Crippen LogP contribution is 2.23. The molecule has 0 atom stereocenters. The minimum Gasteiger partial charge on any atom is -0.484 e. The standard InChI is InChI=1S/C15H8ClF2NO2/c16-10-2-1-9(7-19)15(5-10)21-8-14(20)12-6-11(17)3-4-13(12)18/h1-6H,8H2. The van der Waals surface area contributed by atoms with E-state index >= 15 is 0 Å². The van der Waals surface area contributed by atoms with Crippen molar-refractivity contribution in [1.82, 2.24) is 0 Å². The van der Waals surface area contributed by atoms with E-state index in [9.17, 15) is 13.6 Å². The number of hydrogen-bond donors (Lipinski definition) is 0. The molecule has 0 aromatic heterocycles. The molecule has 3 nitrogen and oxygen atoms in total. The Morgan fingerprint density at radius 3 is 2.71 bits per heavy atom. The third-order valence-electron chi connectivity index (χ3n) is 2.65. The number of carbonyl (C=O) groups excluding carboxylic acids is 1. The topological polar surface area (TPSA) is 50.1 Å². The van der Waals surface area contributed by atoms with E-state index in [1.807, 2.05) is 6.07 Å². The predicted octanol–water partition coefficient (Wildman–Crippen LogP) is 3.75. The largest absolute Gasteiger partial charge is 0.484 e. The average Bonchev–Trinajstić information content (AvgIpc) is 2.47. The molecule has 0 aliphatic heterocycles. The number of Topliss-reactive ketones (excluding diaryl/α,β-unsaturated/α-hetero) is 1. The van der Waals surface area contributed by atoms with Crippen LogP contribution in [0.4, 0.5) is 8.78 Å². The molecule has 6 heteroatoms. The summed E-state index contributed by atoms with van der Waals surface area (Å²) in [6.07, 6.45) is 0. The Morgan fingerprint density at radius 2 is 2.00 bits per heavy atom. The van der Waals surface area contributed by atoms with E-state index < -0.39 is 29.6 Å². The van der Waals surface area contributed by atoms with Gasteiger partial charge in [0.25, 0.3) is 0 Å². The molecule has 0 radical (unpaired) electrons. The van der Waals surface area contributed by atoms with Crippen LogP contribution in [0.15, 0.2) is 36.4 Å². The molecule has 0 saturated carbocycles. The fourth-order valence-corrected chi connectivity index (χ4v) is 1.80. The van der Waals surface area contributed by atoms with Crippen LogP contribution in [-0.4, -0.2) is 12.4 Å². The minimum absolute atomic E-state index is 0.107. The first-order chi connectivity index (χ1) is 10.0. The second-order valence-corrected chi connectivity index (χ2v) is 4.52. The number of ether oxygens (including phenoxy) is 1. The third kappa shape index (κ3) is 3.56. The van der Waals surface area contributed by atoms with Gasteiger partial charge < -0.3 is 4.74 Å². The number of nitriles is 1. The third-order valence-corrected chi connectivity index (χ3v) is 2.89. The molecule has 0 fully saturated rings. The SMILES string of the molecule is N#Cc1ccc(Cl)cc1OCC(=O)c1cc(F)ccc1F. The van der Waals surface area contributed by atoms with E-state index in [0.29, 0.717) is 5.02 Å². The Kier molecular flexibility index (Phi) is 4.51. The quantitative estimate of drug-likeness (QED) is 0.808. The molecule has 0 spiro atoms. The van der Waals surface area contributed by atoms with Crippen LogP contribution in [-0.2, 0) is 0 Å². The van der Waals surface area contributed by atoms with E-state index in [-0.39, 0.29) is 11.3 Å². The Bertz CT molecular complexity index is 741. The second kappa shape index (κ2) is 6.33. The monoisotopic (exact) mass is 307 g/mol. The summed E-state index contributed by atoms with van der Waals surface area (Å²) in [6, 6.07) is 8.76. The molecule has 0 heterocycles. The molecule has 0 aliphatic carbocycles. The van der Waals surface area contributed by atoms with E-state index in [1.165, 1.54) is 18.2 Å². The van der Waals surface area contributed by atoms with Gasteiger partial charge in [-0.05, 0) is 30.3 Å². The number of rotatable bonds is 4. The van der Waals surface area contributed by atoms with Gasteiger partial charge in [0.1, 0.15) is 23.5 Å². The lowest BCUT2D eigenvalue weighted by atomic mass is 10.1. The summed E-state index contributed by atoms with van der Waals surface area (Å²) in [6.45, 7) is -0.532. The summed E-state index contributed by atoms with van der Waals surface area (Å²) in [5, 5.41) is 9.23. The van der Waals surface area contributed by atoms with Gasteiger partial charge in [0.2, 0.25) is 5.78 Å². The summed E-state index contributed by atoms with van der Waals surface area (Å²) in [7, 11) is 0. The van der Waals surface area contributed by atoms with Gasteiger partial charge in [0.15, 0.2) is 6.61 Å². The maximum absolute atomic E-state index is 13.4. The Labute approximate surface area is 124 Å². The molecule has 2 aromatic rings. The maximum atomic E-state index is 13.4. The van der Waals surface area contributed by atoms with Crippen molar-refractivity contribution in [3.05, 3.63) is 64.2 Å². The number of carbonyl (C=O) groups is 1.